The Kier molecular flexibility index (Phi) is 4.11. The summed E-state index contributed by atoms with van der Waals surface area (Å²) in [5, 5.41) is 2.94. The van der Waals surface area contributed by atoms with E-state index in [2.05, 4.69) is 15.3 Å². The van der Waals surface area contributed by atoms with Crippen molar-refractivity contribution in [1.82, 2.24) is 15.3 Å². The van der Waals surface area contributed by atoms with Gasteiger partial charge < -0.3 is 14.7 Å². The third-order valence-electron chi connectivity index (χ3n) is 4.04. The van der Waals surface area contributed by atoms with Gasteiger partial charge >= 0.3 is 0 Å². The first-order valence-corrected chi connectivity index (χ1v) is 8.27. The van der Waals surface area contributed by atoms with E-state index in [0.29, 0.717) is 22.8 Å². The average Bonchev–Trinajstić information content (AvgIpc) is 3.31. The number of imidazole rings is 1. The molecule has 2 aromatic carbocycles. The first-order valence-electron chi connectivity index (χ1n) is 8.27. The number of H-pyrrole nitrogens is 1. The predicted octanol–water partition coefficient (Wildman–Crippen LogP) is 4.39. The molecule has 4 rings (SSSR count). The van der Waals surface area contributed by atoms with Crippen LogP contribution in [-0.2, 0) is 0 Å². The maximum atomic E-state index is 12.7. The van der Waals surface area contributed by atoms with Crippen molar-refractivity contribution >= 4 is 28.7 Å². The summed E-state index contributed by atoms with van der Waals surface area (Å²) in [5.41, 5.74) is 3.96. The van der Waals surface area contributed by atoms with E-state index < -0.39 is 0 Å². The van der Waals surface area contributed by atoms with E-state index in [0.717, 1.165) is 16.6 Å². The molecule has 0 bridgehead atoms. The SMILES string of the molecule is Cc1ccc(C(=O)NC(=Cc2ccco2)c2nc3ccccc3[nH]2)cc1. The second-order valence-electron chi connectivity index (χ2n) is 6.00. The van der Waals surface area contributed by atoms with E-state index in [-0.39, 0.29) is 5.91 Å². The largest absolute Gasteiger partial charge is 0.465 e. The number of furan rings is 1. The molecule has 0 radical (unpaired) electrons. The van der Waals surface area contributed by atoms with Gasteiger partial charge in [-0.3, -0.25) is 4.79 Å². The number of aromatic nitrogens is 2. The third kappa shape index (κ3) is 3.28. The molecule has 0 aliphatic heterocycles. The summed E-state index contributed by atoms with van der Waals surface area (Å²) < 4.78 is 5.39. The highest BCUT2D eigenvalue weighted by Crippen LogP contribution is 2.19. The number of amides is 1. The van der Waals surface area contributed by atoms with Gasteiger partial charge in [0.2, 0.25) is 0 Å². The van der Waals surface area contributed by atoms with Crippen molar-refractivity contribution in [1.29, 1.82) is 0 Å². The minimum atomic E-state index is -0.205. The molecule has 128 valence electrons. The summed E-state index contributed by atoms with van der Waals surface area (Å²) in [6.45, 7) is 1.98. The molecule has 5 heteroatoms. The Balaban J connectivity index is 1.71. The molecule has 5 nitrogen and oxygen atoms in total. The summed E-state index contributed by atoms with van der Waals surface area (Å²) in [7, 11) is 0. The Labute approximate surface area is 150 Å². The van der Waals surface area contributed by atoms with E-state index >= 15 is 0 Å². The van der Waals surface area contributed by atoms with Gasteiger partial charge in [-0.2, -0.15) is 0 Å². The molecule has 0 saturated heterocycles. The summed E-state index contributed by atoms with van der Waals surface area (Å²) >= 11 is 0. The van der Waals surface area contributed by atoms with Crippen molar-refractivity contribution in [2.75, 3.05) is 0 Å². The van der Waals surface area contributed by atoms with Crippen LogP contribution in [0.1, 0.15) is 27.5 Å². The number of hydrogen-bond donors (Lipinski definition) is 2. The van der Waals surface area contributed by atoms with Crippen molar-refractivity contribution in [2.45, 2.75) is 6.92 Å². The lowest BCUT2D eigenvalue weighted by molar-refractivity contribution is 0.0973. The highest BCUT2D eigenvalue weighted by atomic mass is 16.3. The quantitative estimate of drug-likeness (QED) is 0.577. The Bertz CT molecular complexity index is 1040. The maximum Gasteiger partial charge on any atom is 0.255 e. The fourth-order valence-electron chi connectivity index (χ4n) is 2.66. The molecule has 0 atom stereocenters. The third-order valence-corrected chi connectivity index (χ3v) is 4.04. The maximum absolute atomic E-state index is 12.7. The molecule has 0 unspecified atom stereocenters. The zero-order valence-electron chi connectivity index (χ0n) is 14.2. The van der Waals surface area contributed by atoms with E-state index in [4.69, 9.17) is 4.42 Å². The predicted molar refractivity (Wildman–Crippen MR) is 101 cm³/mol. The van der Waals surface area contributed by atoms with Gasteiger partial charge in [0.1, 0.15) is 5.76 Å². The molecule has 2 heterocycles. The van der Waals surface area contributed by atoms with Crippen LogP contribution in [0.4, 0.5) is 0 Å². The molecule has 4 aromatic rings. The fraction of sp³-hybridized carbons (Fsp3) is 0.0476. The molecule has 26 heavy (non-hydrogen) atoms. The number of para-hydroxylation sites is 2. The lowest BCUT2D eigenvalue weighted by Gasteiger charge is -2.08. The first-order chi connectivity index (χ1) is 12.7. The number of benzene rings is 2. The molecular weight excluding hydrogens is 326 g/mol. The molecule has 0 fully saturated rings. The van der Waals surface area contributed by atoms with E-state index in [1.807, 2.05) is 49.4 Å². The summed E-state index contributed by atoms with van der Waals surface area (Å²) in [4.78, 5) is 20.5. The number of aromatic amines is 1. The van der Waals surface area contributed by atoms with Gasteiger partial charge in [-0.25, -0.2) is 4.98 Å². The van der Waals surface area contributed by atoms with Crippen LogP contribution in [0.5, 0.6) is 0 Å². The molecule has 2 aromatic heterocycles. The van der Waals surface area contributed by atoms with Gasteiger partial charge in [0, 0.05) is 11.6 Å². The number of carbonyl (C=O) groups excluding carboxylic acids is 1. The topological polar surface area (TPSA) is 70.9 Å². The van der Waals surface area contributed by atoms with Crippen LogP contribution in [0.2, 0.25) is 0 Å². The number of nitrogens with zero attached hydrogens (tertiary/aromatic N) is 1. The molecule has 2 N–H and O–H groups in total. The Hall–Kier alpha value is -3.60. The normalized spacial score (nSPS) is 11.7. The van der Waals surface area contributed by atoms with Gasteiger partial charge in [-0.05, 0) is 43.3 Å². The van der Waals surface area contributed by atoms with Crippen LogP contribution in [0.3, 0.4) is 0 Å². The average molecular weight is 343 g/mol. The van der Waals surface area contributed by atoms with Crippen LogP contribution >= 0.6 is 0 Å². The number of aryl methyl sites for hydroxylation is 1. The van der Waals surface area contributed by atoms with Gasteiger partial charge in [-0.1, -0.05) is 29.8 Å². The first kappa shape index (κ1) is 15.9. The minimum Gasteiger partial charge on any atom is -0.465 e. The molecule has 1 amide bonds. The summed E-state index contributed by atoms with van der Waals surface area (Å²) in [6.07, 6.45) is 3.34. The van der Waals surface area contributed by atoms with E-state index in [1.165, 1.54) is 0 Å². The van der Waals surface area contributed by atoms with E-state index in [9.17, 15) is 4.79 Å². The zero-order chi connectivity index (χ0) is 17.9. The monoisotopic (exact) mass is 343 g/mol. The van der Waals surface area contributed by atoms with E-state index in [1.54, 1.807) is 30.5 Å². The summed E-state index contributed by atoms with van der Waals surface area (Å²) in [6, 6.07) is 18.8. The Morgan fingerprint density at radius 2 is 1.88 bits per heavy atom. The van der Waals surface area contributed by atoms with Gasteiger partial charge in [0.15, 0.2) is 5.82 Å². The minimum absolute atomic E-state index is 0.205. The second kappa shape index (κ2) is 6.72. The highest BCUT2D eigenvalue weighted by molar-refractivity contribution is 6.01. The lowest BCUT2D eigenvalue weighted by Crippen LogP contribution is -2.22. The standard InChI is InChI=1S/C21H17N3O2/c1-14-8-10-15(11-9-14)21(25)24-19(13-16-5-4-12-26-16)20-22-17-6-2-3-7-18(17)23-20/h2-13H,1H3,(H,22,23)(H,24,25). The highest BCUT2D eigenvalue weighted by Gasteiger charge is 2.13. The fourth-order valence-corrected chi connectivity index (χ4v) is 2.66. The van der Waals surface area contributed by atoms with Crippen molar-refractivity contribution < 1.29 is 9.21 Å². The molecular formula is C21H17N3O2. The van der Waals surface area contributed by atoms with Crippen LogP contribution < -0.4 is 5.32 Å². The number of rotatable bonds is 4. The van der Waals surface area contributed by atoms with Crippen molar-refractivity contribution in [3.05, 3.63) is 89.6 Å². The van der Waals surface area contributed by atoms with Crippen LogP contribution in [-0.4, -0.2) is 15.9 Å². The van der Waals surface area contributed by atoms with Gasteiger partial charge in [-0.15, -0.1) is 0 Å². The van der Waals surface area contributed by atoms with Crippen LogP contribution in [0.15, 0.2) is 71.3 Å². The number of carbonyl (C=O) groups is 1. The molecule has 0 spiro atoms. The second-order valence-corrected chi connectivity index (χ2v) is 6.00. The zero-order valence-corrected chi connectivity index (χ0v) is 14.2. The summed E-state index contributed by atoms with van der Waals surface area (Å²) in [5.74, 6) is 0.996. The van der Waals surface area contributed by atoms with Crippen LogP contribution in [0.25, 0.3) is 22.8 Å². The molecule has 0 aliphatic rings. The molecule has 0 aliphatic carbocycles. The molecule has 0 saturated carbocycles. The van der Waals surface area contributed by atoms with Crippen molar-refractivity contribution in [3.8, 4) is 0 Å². The smallest absolute Gasteiger partial charge is 0.255 e. The van der Waals surface area contributed by atoms with Gasteiger partial charge in [0.05, 0.1) is 23.0 Å². The van der Waals surface area contributed by atoms with Crippen LogP contribution in [0, 0.1) is 6.92 Å². The number of fused-ring (bicyclic) bond motifs is 1. The Morgan fingerprint density at radius 1 is 1.08 bits per heavy atom. The number of nitrogens with one attached hydrogen (secondary N) is 2. The Morgan fingerprint density at radius 3 is 2.62 bits per heavy atom. The van der Waals surface area contributed by atoms with Crippen molar-refractivity contribution in [3.63, 3.8) is 0 Å². The van der Waals surface area contributed by atoms with Crippen molar-refractivity contribution in [2.24, 2.45) is 0 Å². The number of hydrogen-bond acceptors (Lipinski definition) is 3. The van der Waals surface area contributed by atoms with Gasteiger partial charge in [0.25, 0.3) is 5.91 Å². The lowest BCUT2D eigenvalue weighted by atomic mass is 10.1.